The highest BCUT2D eigenvalue weighted by atomic mass is 35.5. The first-order valence-electron chi connectivity index (χ1n) is 8.30. The molecule has 1 N–H and O–H groups in total. The van der Waals surface area contributed by atoms with Gasteiger partial charge in [-0.15, -0.1) is 0 Å². The molecule has 0 saturated carbocycles. The lowest BCUT2D eigenvalue weighted by Crippen LogP contribution is -2.35. The second kappa shape index (κ2) is 11.0. The van der Waals surface area contributed by atoms with Gasteiger partial charge in [0, 0.05) is 38.0 Å². The van der Waals surface area contributed by atoms with Crippen LogP contribution in [-0.4, -0.2) is 61.9 Å². The third kappa shape index (κ3) is 8.89. The van der Waals surface area contributed by atoms with Crippen molar-refractivity contribution in [2.75, 3.05) is 40.3 Å². The van der Waals surface area contributed by atoms with E-state index in [-0.39, 0.29) is 11.8 Å². The molecule has 1 aromatic rings. The summed E-state index contributed by atoms with van der Waals surface area (Å²) in [7, 11) is 4.01. The summed E-state index contributed by atoms with van der Waals surface area (Å²) in [6.07, 6.45) is 2.01. The van der Waals surface area contributed by atoms with Gasteiger partial charge in [-0.3, -0.25) is 9.59 Å². The number of hydrogen-bond donors (Lipinski definition) is 1. The Labute approximate surface area is 150 Å². The number of carbonyl (C=O) groups is 2. The van der Waals surface area contributed by atoms with Crippen LogP contribution in [0.15, 0.2) is 24.3 Å². The minimum absolute atomic E-state index is 0.0164. The number of hydrogen-bond acceptors (Lipinski definition) is 3. The maximum absolute atomic E-state index is 11.9. The molecule has 0 saturated heterocycles. The van der Waals surface area contributed by atoms with Gasteiger partial charge >= 0.3 is 0 Å². The SMILES string of the molecule is CC(=O)N(CCCN(C)C)CCC(=O)NCCc1ccc(Cl)cc1. The molecule has 2 amide bonds. The molecular formula is C18H28ClN3O2. The zero-order valence-corrected chi connectivity index (χ0v) is 15.6. The summed E-state index contributed by atoms with van der Waals surface area (Å²) in [5, 5.41) is 3.61. The molecule has 0 atom stereocenters. The summed E-state index contributed by atoms with van der Waals surface area (Å²) in [6, 6.07) is 7.60. The van der Waals surface area contributed by atoms with Crippen LogP contribution in [0.2, 0.25) is 5.02 Å². The molecule has 1 aromatic carbocycles. The molecule has 1 rings (SSSR count). The topological polar surface area (TPSA) is 52.7 Å². The molecule has 0 aliphatic rings. The molecule has 0 heterocycles. The fourth-order valence-corrected chi connectivity index (χ4v) is 2.45. The van der Waals surface area contributed by atoms with Crippen LogP contribution in [0.1, 0.15) is 25.3 Å². The van der Waals surface area contributed by atoms with Crippen LogP contribution in [0, 0.1) is 0 Å². The average Bonchev–Trinajstić information content (AvgIpc) is 2.52. The Balaban J connectivity index is 2.24. The number of amides is 2. The van der Waals surface area contributed by atoms with Crippen LogP contribution < -0.4 is 5.32 Å². The van der Waals surface area contributed by atoms with E-state index in [4.69, 9.17) is 11.6 Å². The second-order valence-electron chi connectivity index (χ2n) is 6.14. The van der Waals surface area contributed by atoms with Crippen molar-refractivity contribution >= 4 is 23.4 Å². The molecule has 0 spiro atoms. The van der Waals surface area contributed by atoms with Crippen LogP contribution in [0.3, 0.4) is 0 Å². The van der Waals surface area contributed by atoms with Gasteiger partial charge in [-0.25, -0.2) is 0 Å². The summed E-state index contributed by atoms with van der Waals surface area (Å²) in [5.41, 5.74) is 1.13. The summed E-state index contributed by atoms with van der Waals surface area (Å²) < 4.78 is 0. The van der Waals surface area contributed by atoms with E-state index in [0.29, 0.717) is 31.1 Å². The Morgan fingerprint density at radius 1 is 1.08 bits per heavy atom. The number of nitrogens with zero attached hydrogens (tertiary/aromatic N) is 2. The van der Waals surface area contributed by atoms with Crippen molar-refractivity contribution in [3.8, 4) is 0 Å². The number of halogens is 1. The number of nitrogens with one attached hydrogen (secondary N) is 1. The van der Waals surface area contributed by atoms with Crippen LogP contribution in [0.25, 0.3) is 0 Å². The van der Waals surface area contributed by atoms with E-state index in [0.717, 1.165) is 24.9 Å². The second-order valence-corrected chi connectivity index (χ2v) is 6.58. The minimum atomic E-state index is -0.0252. The normalized spacial score (nSPS) is 10.7. The first kappa shape index (κ1) is 20.5. The molecule has 0 radical (unpaired) electrons. The van der Waals surface area contributed by atoms with Gasteiger partial charge in [0.15, 0.2) is 0 Å². The summed E-state index contributed by atoms with van der Waals surface area (Å²) in [4.78, 5) is 27.4. The van der Waals surface area contributed by atoms with Gasteiger partial charge in [0.05, 0.1) is 0 Å². The zero-order valence-electron chi connectivity index (χ0n) is 14.8. The van der Waals surface area contributed by atoms with E-state index >= 15 is 0 Å². The van der Waals surface area contributed by atoms with E-state index in [1.165, 1.54) is 0 Å². The number of rotatable bonds is 10. The molecule has 5 nitrogen and oxygen atoms in total. The predicted molar refractivity (Wildman–Crippen MR) is 98.2 cm³/mol. The Morgan fingerprint density at radius 2 is 1.75 bits per heavy atom. The third-order valence-electron chi connectivity index (χ3n) is 3.74. The molecule has 0 aliphatic carbocycles. The van der Waals surface area contributed by atoms with E-state index < -0.39 is 0 Å². The van der Waals surface area contributed by atoms with Gasteiger partial charge in [-0.05, 0) is 51.2 Å². The Bertz CT molecular complexity index is 518. The van der Waals surface area contributed by atoms with E-state index in [9.17, 15) is 9.59 Å². The van der Waals surface area contributed by atoms with Crippen molar-refractivity contribution < 1.29 is 9.59 Å². The highest BCUT2D eigenvalue weighted by molar-refractivity contribution is 6.30. The zero-order chi connectivity index (χ0) is 17.9. The first-order chi connectivity index (χ1) is 11.4. The predicted octanol–water partition coefficient (Wildman–Crippen LogP) is 2.19. The molecule has 6 heteroatoms. The maximum atomic E-state index is 11.9. The lowest BCUT2D eigenvalue weighted by molar-refractivity contribution is -0.129. The number of benzene rings is 1. The van der Waals surface area contributed by atoms with Gasteiger partial charge < -0.3 is 15.1 Å². The highest BCUT2D eigenvalue weighted by Crippen LogP contribution is 2.09. The maximum Gasteiger partial charge on any atom is 0.221 e. The molecule has 0 bridgehead atoms. The molecular weight excluding hydrogens is 326 g/mol. The lowest BCUT2D eigenvalue weighted by Gasteiger charge is -2.21. The van der Waals surface area contributed by atoms with Crippen molar-refractivity contribution in [2.24, 2.45) is 0 Å². The first-order valence-corrected chi connectivity index (χ1v) is 8.67. The number of carbonyl (C=O) groups excluding carboxylic acids is 2. The average molecular weight is 354 g/mol. The Hall–Kier alpha value is -1.59. The van der Waals surface area contributed by atoms with Crippen LogP contribution in [0.4, 0.5) is 0 Å². The van der Waals surface area contributed by atoms with Crippen molar-refractivity contribution in [1.82, 2.24) is 15.1 Å². The standard InChI is InChI=1S/C18H28ClN3O2/c1-15(23)22(13-4-12-21(2)3)14-10-18(24)20-11-9-16-5-7-17(19)8-6-16/h5-8H,4,9-14H2,1-3H3,(H,20,24). The van der Waals surface area contributed by atoms with Crippen LogP contribution in [-0.2, 0) is 16.0 Å². The molecule has 0 aliphatic heterocycles. The Kier molecular flexibility index (Phi) is 9.42. The van der Waals surface area contributed by atoms with Crippen LogP contribution >= 0.6 is 11.6 Å². The van der Waals surface area contributed by atoms with E-state index in [1.807, 2.05) is 38.4 Å². The van der Waals surface area contributed by atoms with Crippen LogP contribution in [0.5, 0.6) is 0 Å². The van der Waals surface area contributed by atoms with E-state index in [1.54, 1.807) is 11.8 Å². The molecule has 0 unspecified atom stereocenters. The van der Waals surface area contributed by atoms with Crippen molar-refractivity contribution in [2.45, 2.75) is 26.2 Å². The highest BCUT2D eigenvalue weighted by Gasteiger charge is 2.11. The smallest absolute Gasteiger partial charge is 0.221 e. The molecule has 24 heavy (non-hydrogen) atoms. The summed E-state index contributed by atoms with van der Waals surface area (Å²) in [6.45, 7) is 4.22. The fourth-order valence-electron chi connectivity index (χ4n) is 2.33. The Morgan fingerprint density at radius 3 is 2.33 bits per heavy atom. The van der Waals surface area contributed by atoms with E-state index in [2.05, 4.69) is 10.2 Å². The van der Waals surface area contributed by atoms with Gasteiger partial charge in [-0.2, -0.15) is 0 Å². The fraction of sp³-hybridized carbons (Fsp3) is 0.556. The summed E-state index contributed by atoms with van der Waals surface area (Å²) >= 11 is 5.84. The molecule has 134 valence electrons. The third-order valence-corrected chi connectivity index (χ3v) is 3.99. The largest absolute Gasteiger partial charge is 0.356 e. The van der Waals surface area contributed by atoms with Crippen molar-refractivity contribution in [3.05, 3.63) is 34.9 Å². The van der Waals surface area contributed by atoms with Gasteiger partial charge in [-0.1, -0.05) is 23.7 Å². The molecule has 0 fully saturated rings. The van der Waals surface area contributed by atoms with Gasteiger partial charge in [0.1, 0.15) is 0 Å². The monoisotopic (exact) mass is 353 g/mol. The van der Waals surface area contributed by atoms with Crippen molar-refractivity contribution in [3.63, 3.8) is 0 Å². The lowest BCUT2D eigenvalue weighted by atomic mass is 10.1. The minimum Gasteiger partial charge on any atom is -0.356 e. The van der Waals surface area contributed by atoms with Gasteiger partial charge in [0.25, 0.3) is 0 Å². The van der Waals surface area contributed by atoms with Gasteiger partial charge in [0.2, 0.25) is 11.8 Å². The summed E-state index contributed by atoms with van der Waals surface area (Å²) in [5.74, 6) is -0.00876. The quantitative estimate of drug-likeness (QED) is 0.701. The molecule has 0 aromatic heterocycles. The van der Waals surface area contributed by atoms with Crippen molar-refractivity contribution in [1.29, 1.82) is 0 Å².